The Hall–Kier alpha value is -7.69. The number of furan rings is 1. The Balaban J connectivity index is 1.24. The number of rotatable bonds is 7. The van der Waals surface area contributed by atoms with Crippen LogP contribution in [0.2, 0.25) is 0 Å². The van der Waals surface area contributed by atoms with Gasteiger partial charge >= 0.3 is 0 Å². The summed E-state index contributed by atoms with van der Waals surface area (Å²) in [5, 5.41) is 8.97. The van der Waals surface area contributed by atoms with Gasteiger partial charge in [-0.25, -0.2) is 0 Å². The molecule has 9 aromatic carbocycles. The van der Waals surface area contributed by atoms with Crippen molar-refractivity contribution in [3.8, 4) is 11.1 Å². The number of nitrogens with zero attached hydrogens (tertiary/aromatic N) is 3. The summed E-state index contributed by atoms with van der Waals surface area (Å²) in [5.41, 5.74) is 10.1. The molecule has 0 N–H and O–H groups in total. The van der Waals surface area contributed by atoms with Gasteiger partial charge in [-0.2, -0.15) is 0 Å². The Morgan fingerprint density at radius 3 is 1.68 bits per heavy atom. The molecule has 57 heavy (non-hydrogen) atoms. The van der Waals surface area contributed by atoms with Gasteiger partial charge in [0.1, 0.15) is 11.2 Å². The molecule has 0 aliphatic rings. The van der Waals surface area contributed by atoms with Crippen LogP contribution in [0.25, 0.3) is 65.4 Å². The van der Waals surface area contributed by atoms with E-state index in [9.17, 15) is 0 Å². The first-order valence-corrected chi connectivity index (χ1v) is 19.3. The van der Waals surface area contributed by atoms with Crippen LogP contribution in [0.1, 0.15) is 0 Å². The molecule has 11 aromatic rings. The molecule has 0 aliphatic heterocycles. The highest BCUT2D eigenvalue weighted by atomic mass is 16.3. The van der Waals surface area contributed by atoms with E-state index in [1.165, 1.54) is 27.1 Å². The van der Waals surface area contributed by atoms with E-state index in [-0.39, 0.29) is 0 Å². The van der Waals surface area contributed by atoms with E-state index in [0.29, 0.717) is 0 Å². The Bertz CT molecular complexity index is 3260. The highest BCUT2D eigenvalue weighted by Crippen LogP contribution is 2.49. The fourth-order valence-electron chi connectivity index (χ4n) is 8.36. The maximum atomic E-state index is 6.94. The Labute approximate surface area is 330 Å². The summed E-state index contributed by atoms with van der Waals surface area (Å²) in [5.74, 6) is 0. The summed E-state index contributed by atoms with van der Waals surface area (Å²) >= 11 is 0. The highest BCUT2D eigenvalue weighted by molar-refractivity contribution is 6.24. The van der Waals surface area contributed by atoms with Crippen molar-refractivity contribution in [3.63, 3.8) is 0 Å². The number of para-hydroxylation sites is 1. The van der Waals surface area contributed by atoms with E-state index in [4.69, 9.17) is 4.42 Å². The molecule has 0 saturated carbocycles. The van der Waals surface area contributed by atoms with E-state index in [1.54, 1.807) is 0 Å². The van der Waals surface area contributed by atoms with Crippen molar-refractivity contribution in [2.45, 2.75) is 0 Å². The van der Waals surface area contributed by atoms with E-state index >= 15 is 0 Å². The first kappa shape index (κ1) is 32.7. The molecule has 4 heteroatoms. The fourth-order valence-corrected chi connectivity index (χ4v) is 8.36. The van der Waals surface area contributed by atoms with Crippen LogP contribution in [0, 0.1) is 0 Å². The van der Waals surface area contributed by atoms with E-state index in [1.807, 2.05) is 12.4 Å². The number of pyridine rings is 1. The fraction of sp³-hybridized carbons (Fsp3) is 0. The van der Waals surface area contributed by atoms with E-state index in [0.717, 1.165) is 72.4 Å². The quantitative estimate of drug-likeness (QED) is 0.163. The molecule has 2 aromatic heterocycles. The van der Waals surface area contributed by atoms with Gasteiger partial charge in [0, 0.05) is 52.0 Å². The van der Waals surface area contributed by atoms with Crippen LogP contribution in [0.4, 0.5) is 34.1 Å². The zero-order valence-corrected chi connectivity index (χ0v) is 31.0. The van der Waals surface area contributed by atoms with Gasteiger partial charge in [0.15, 0.2) is 0 Å². The summed E-state index contributed by atoms with van der Waals surface area (Å²) in [7, 11) is 0. The van der Waals surface area contributed by atoms with Crippen LogP contribution < -0.4 is 9.80 Å². The molecule has 0 saturated heterocycles. The van der Waals surface area contributed by atoms with Gasteiger partial charge in [0.05, 0.1) is 16.8 Å². The smallest absolute Gasteiger partial charge is 0.139 e. The minimum absolute atomic E-state index is 0.792. The Morgan fingerprint density at radius 2 is 0.947 bits per heavy atom. The van der Waals surface area contributed by atoms with Crippen molar-refractivity contribution in [2.24, 2.45) is 0 Å². The normalized spacial score (nSPS) is 11.5. The van der Waals surface area contributed by atoms with Crippen LogP contribution in [0.3, 0.4) is 0 Å². The third-order valence-corrected chi connectivity index (χ3v) is 11.0. The van der Waals surface area contributed by atoms with Gasteiger partial charge in [-0.1, -0.05) is 127 Å². The number of aromatic nitrogens is 1. The van der Waals surface area contributed by atoms with Crippen molar-refractivity contribution in [1.29, 1.82) is 0 Å². The third-order valence-electron chi connectivity index (χ3n) is 11.0. The maximum absolute atomic E-state index is 6.94. The topological polar surface area (TPSA) is 32.5 Å². The lowest BCUT2D eigenvalue weighted by Gasteiger charge is -2.30. The average molecular weight is 730 g/mol. The third kappa shape index (κ3) is 5.74. The molecule has 0 atom stereocenters. The molecule has 0 radical (unpaired) electrons. The van der Waals surface area contributed by atoms with Crippen molar-refractivity contribution < 1.29 is 4.42 Å². The molecule has 268 valence electrons. The second-order valence-electron chi connectivity index (χ2n) is 14.5. The molecule has 2 heterocycles. The molecule has 0 bridgehead atoms. The van der Waals surface area contributed by atoms with Gasteiger partial charge < -0.3 is 14.2 Å². The number of anilines is 6. The zero-order valence-electron chi connectivity index (χ0n) is 31.0. The Morgan fingerprint density at radius 1 is 0.351 bits per heavy atom. The van der Waals surface area contributed by atoms with E-state index in [2.05, 4.69) is 215 Å². The summed E-state index contributed by atoms with van der Waals surface area (Å²) in [4.78, 5) is 9.33. The first-order valence-electron chi connectivity index (χ1n) is 19.3. The van der Waals surface area contributed by atoms with Crippen LogP contribution in [0.15, 0.2) is 217 Å². The lowest BCUT2D eigenvalue weighted by atomic mass is 10.0. The largest absolute Gasteiger partial charge is 0.456 e. The lowest BCUT2D eigenvalue weighted by Crippen LogP contribution is -2.13. The molecule has 0 spiro atoms. The molecule has 11 rings (SSSR count). The molecule has 0 aliphatic carbocycles. The molecule has 0 unspecified atom stereocenters. The van der Waals surface area contributed by atoms with E-state index < -0.39 is 0 Å². The monoisotopic (exact) mass is 729 g/mol. The van der Waals surface area contributed by atoms with Gasteiger partial charge in [0.2, 0.25) is 0 Å². The summed E-state index contributed by atoms with van der Waals surface area (Å²) in [6, 6.07) is 71.4. The molecule has 0 amide bonds. The van der Waals surface area contributed by atoms with Gasteiger partial charge in [0.25, 0.3) is 0 Å². The summed E-state index contributed by atoms with van der Waals surface area (Å²) in [6.45, 7) is 0. The number of fused-ring (bicyclic) bond motifs is 7. The Kier molecular flexibility index (Phi) is 7.78. The molecular formula is C53H35N3O. The van der Waals surface area contributed by atoms with Crippen molar-refractivity contribution in [1.82, 2.24) is 4.98 Å². The minimum atomic E-state index is 0.792. The number of hydrogen-bond donors (Lipinski definition) is 0. The van der Waals surface area contributed by atoms with Crippen molar-refractivity contribution in [2.75, 3.05) is 9.80 Å². The SMILES string of the molecule is c1ccc(-c2cccc(N(c3ccc4ccccc4c3)c3cc(N(c4ccccc4)c4ccc5ccccc5c4)c4c(c3)oc3ccc5ccncc5c34)c2)cc1. The minimum Gasteiger partial charge on any atom is -0.456 e. The second kappa shape index (κ2) is 13.6. The average Bonchev–Trinajstić information content (AvgIpc) is 3.67. The van der Waals surface area contributed by atoms with Gasteiger partial charge in [-0.3, -0.25) is 4.98 Å². The van der Waals surface area contributed by atoms with Crippen LogP contribution in [-0.2, 0) is 0 Å². The second-order valence-corrected chi connectivity index (χ2v) is 14.5. The van der Waals surface area contributed by atoms with Crippen LogP contribution in [-0.4, -0.2) is 4.98 Å². The predicted molar refractivity (Wildman–Crippen MR) is 239 cm³/mol. The summed E-state index contributed by atoms with van der Waals surface area (Å²) in [6.07, 6.45) is 3.81. The molecule has 0 fully saturated rings. The number of benzene rings is 9. The maximum Gasteiger partial charge on any atom is 0.139 e. The standard InChI is InChI=1S/C53H35N3O/c1-3-12-36(13-4-1)42-18-11-21-44(30-42)55(45-25-22-37-14-7-9-16-40(37)31-45)47-33-49(53-51(34-47)57-50-27-24-39-28-29-54-35-48(39)52(50)53)56(43-19-5-2-6-20-43)46-26-23-38-15-8-10-17-41(38)32-46/h1-35H. The summed E-state index contributed by atoms with van der Waals surface area (Å²) < 4.78 is 6.94. The lowest BCUT2D eigenvalue weighted by molar-refractivity contribution is 0.669. The van der Waals surface area contributed by atoms with Crippen LogP contribution in [0.5, 0.6) is 0 Å². The molecule has 4 nitrogen and oxygen atoms in total. The van der Waals surface area contributed by atoms with Gasteiger partial charge in [-0.15, -0.1) is 0 Å². The van der Waals surface area contributed by atoms with Crippen LogP contribution >= 0.6 is 0 Å². The number of hydrogen-bond acceptors (Lipinski definition) is 4. The van der Waals surface area contributed by atoms with Gasteiger partial charge in [-0.05, 0) is 105 Å². The predicted octanol–water partition coefficient (Wildman–Crippen LogP) is 15.0. The highest BCUT2D eigenvalue weighted by Gasteiger charge is 2.25. The zero-order chi connectivity index (χ0) is 37.7. The van der Waals surface area contributed by atoms with Crippen molar-refractivity contribution >= 4 is 88.4 Å². The van der Waals surface area contributed by atoms with Crippen molar-refractivity contribution in [3.05, 3.63) is 213 Å². The first-order chi connectivity index (χ1) is 28.2. The molecular weight excluding hydrogens is 695 g/mol.